The van der Waals surface area contributed by atoms with Gasteiger partial charge in [0.1, 0.15) is 5.54 Å². The van der Waals surface area contributed by atoms with Gasteiger partial charge in [-0.1, -0.05) is 18.2 Å². The van der Waals surface area contributed by atoms with E-state index >= 15 is 0 Å². The lowest BCUT2D eigenvalue weighted by molar-refractivity contribution is -0.148. The molecule has 0 saturated heterocycles. The molecule has 0 aromatic heterocycles. The Morgan fingerprint density at radius 1 is 1.35 bits per heavy atom. The molecule has 0 fully saturated rings. The van der Waals surface area contributed by atoms with E-state index in [4.69, 9.17) is 4.74 Å². The normalized spacial score (nSPS) is 14.1. The Kier molecular flexibility index (Phi) is 7.10. The maximum atomic E-state index is 11.9. The van der Waals surface area contributed by atoms with Crippen molar-refractivity contribution >= 4 is 17.7 Å². The van der Waals surface area contributed by atoms with Crippen LogP contribution in [0.25, 0.3) is 0 Å². The first kappa shape index (κ1) is 17.1. The van der Waals surface area contributed by atoms with E-state index in [0.717, 1.165) is 18.6 Å². The number of rotatable bonds is 8. The Labute approximate surface area is 126 Å². The first-order valence-electron chi connectivity index (χ1n) is 7.02. The largest absolute Gasteiger partial charge is 0.468 e. The maximum absolute atomic E-state index is 11.9. The van der Waals surface area contributed by atoms with E-state index in [-0.39, 0.29) is 12.0 Å². The molecular formula is C16H25NO2S. The topological polar surface area (TPSA) is 38.3 Å². The van der Waals surface area contributed by atoms with Crippen molar-refractivity contribution in [2.24, 2.45) is 0 Å². The molecule has 0 aliphatic heterocycles. The Balaban J connectivity index is 2.44. The monoisotopic (exact) mass is 295 g/mol. The average Bonchev–Trinajstić information content (AvgIpc) is 2.43. The lowest BCUT2D eigenvalue weighted by atomic mass is 9.95. The molecular weight excluding hydrogens is 270 g/mol. The Bertz CT molecular complexity index is 408. The molecule has 1 rings (SSSR count). The third-order valence-corrected chi connectivity index (χ3v) is 4.17. The number of esters is 1. The highest BCUT2D eigenvalue weighted by molar-refractivity contribution is 7.99. The molecule has 1 aromatic carbocycles. The van der Waals surface area contributed by atoms with E-state index in [2.05, 4.69) is 17.4 Å². The second kappa shape index (κ2) is 8.32. The highest BCUT2D eigenvalue weighted by Crippen LogP contribution is 2.22. The number of hydrogen-bond donors (Lipinski definition) is 1. The van der Waals surface area contributed by atoms with Crippen molar-refractivity contribution in [2.45, 2.75) is 50.1 Å². The summed E-state index contributed by atoms with van der Waals surface area (Å²) in [4.78, 5) is 13.2. The van der Waals surface area contributed by atoms with Crippen LogP contribution in [0.4, 0.5) is 0 Å². The van der Waals surface area contributed by atoms with E-state index in [1.54, 1.807) is 0 Å². The molecule has 0 aliphatic rings. The van der Waals surface area contributed by atoms with Crippen molar-refractivity contribution in [2.75, 3.05) is 12.9 Å². The molecule has 0 heterocycles. The summed E-state index contributed by atoms with van der Waals surface area (Å²) in [5, 5.41) is 3.32. The number of carbonyl (C=O) groups is 1. The molecule has 112 valence electrons. The van der Waals surface area contributed by atoms with Gasteiger partial charge in [0.25, 0.3) is 0 Å². The van der Waals surface area contributed by atoms with Crippen molar-refractivity contribution in [3.63, 3.8) is 0 Å². The molecule has 0 saturated carbocycles. The van der Waals surface area contributed by atoms with Crippen LogP contribution in [0.2, 0.25) is 0 Å². The number of ether oxygens (including phenoxy) is 1. The summed E-state index contributed by atoms with van der Waals surface area (Å²) >= 11 is 1.82. The Morgan fingerprint density at radius 2 is 2.00 bits per heavy atom. The zero-order chi connectivity index (χ0) is 15.0. The minimum Gasteiger partial charge on any atom is -0.468 e. The predicted octanol–water partition coefficient (Wildman–Crippen LogP) is 3.49. The van der Waals surface area contributed by atoms with Gasteiger partial charge in [-0.3, -0.25) is 10.1 Å². The lowest BCUT2D eigenvalue weighted by Gasteiger charge is -2.30. The van der Waals surface area contributed by atoms with Crippen LogP contribution in [0.5, 0.6) is 0 Å². The van der Waals surface area contributed by atoms with Gasteiger partial charge in [0.15, 0.2) is 0 Å². The SMILES string of the molecule is COC(=O)C(C)(CCCSc1ccccc1)NC(C)C. The van der Waals surface area contributed by atoms with E-state index < -0.39 is 5.54 Å². The van der Waals surface area contributed by atoms with E-state index in [0.29, 0.717) is 0 Å². The molecule has 20 heavy (non-hydrogen) atoms. The number of hydrogen-bond acceptors (Lipinski definition) is 4. The van der Waals surface area contributed by atoms with Gasteiger partial charge >= 0.3 is 5.97 Å². The quantitative estimate of drug-likeness (QED) is 0.453. The molecule has 0 bridgehead atoms. The summed E-state index contributed by atoms with van der Waals surface area (Å²) in [6, 6.07) is 10.6. The molecule has 1 unspecified atom stereocenters. The summed E-state index contributed by atoms with van der Waals surface area (Å²) < 4.78 is 4.92. The van der Waals surface area contributed by atoms with Crippen molar-refractivity contribution < 1.29 is 9.53 Å². The lowest BCUT2D eigenvalue weighted by Crippen LogP contribution is -2.53. The second-order valence-electron chi connectivity index (χ2n) is 5.39. The Morgan fingerprint density at radius 3 is 2.55 bits per heavy atom. The minimum absolute atomic E-state index is 0.184. The fraction of sp³-hybridized carbons (Fsp3) is 0.562. The van der Waals surface area contributed by atoms with Gasteiger partial charge in [-0.05, 0) is 51.5 Å². The Hall–Kier alpha value is -1.00. The van der Waals surface area contributed by atoms with Gasteiger partial charge < -0.3 is 4.74 Å². The molecule has 0 amide bonds. The highest BCUT2D eigenvalue weighted by Gasteiger charge is 2.33. The maximum Gasteiger partial charge on any atom is 0.325 e. The molecule has 1 N–H and O–H groups in total. The molecule has 0 aliphatic carbocycles. The van der Waals surface area contributed by atoms with Crippen molar-refractivity contribution in [3.05, 3.63) is 30.3 Å². The van der Waals surface area contributed by atoms with Gasteiger partial charge in [0.05, 0.1) is 7.11 Å². The highest BCUT2D eigenvalue weighted by atomic mass is 32.2. The standard InChI is InChI=1S/C16H25NO2S/c1-13(2)17-16(3,15(18)19-4)11-8-12-20-14-9-6-5-7-10-14/h5-7,9-10,13,17H,8,11-12H2,1-4H3. The number of thioether (sulfide) groups is 1. The predicted molar refractivity (Wildman–Crippen MR) is 85.1 cm³/mol. The van der Waals surface area contributed by atoms with Crippen LogP contribution in [0.15, 0.2) is 35.2 Å². The molecule has 3 nitrogen and oxygen atoms in total. The third kappa shape index (κ3) is 5.55. The smallest absolute Gasteiger partial charge is 0.325 e. The van der Waals surface area contributed by atoms with Gasteiger partial charge in [-0.15, -0.1) is 11.8 Å². The first-order valence-corrected chi connectivity index (χ1v) is 8.00. The summed E-state index contributed by atoms with van der Waals surface area (Å²) in [6.07, 6.45) is 1.74. The van der Waals surface area contributed by atoms with Crippen LogP contribution in [0.1, 0.15) is 33.6 Å². The van der Waals surface area contributed by atoms with Crippen LogP contribution in [-0.2, 0) is 9.53 Å². The number of nitrogens with one attached hydrogen (secondary N) is 1. The zero-order valence-corrected chi connectivity index (χ0v) is 13.6. The van der Waals surface area contributed by atoms with Gasteiger partial charge in [0.2, 0.25) is 0 Å². The number of benzene rings is 1. The third-order valence-electron chi connectivity index (χ3n) is 3.08. The van der Waals surface area contributed by atoms with Crippen LogP contribution < -0.4 is 5.32 Å². The first-order chi connectivity index (χ1) is 9.48. The summed E-state index contributed by atoms with van der Waals surface area (Å²) in [5.74, 6) is 0.812. The molecule has 0 radical (unpaired) electrons. The van der Waals surface area contributed by atoms with Gasteiger partial charge in [0, 0.05) is 10.9 Å². The number of methoxy groups -OCH3 is 1. The fourth-order valence-electron chi connectivity index (χ4n) is 2.23. The number of carbonyl (C=O) groups excluding carboxylic acids is 1. The molecule has 4 heteroatoms. The zero-order valence-electron chi connectivity index (χ0n) is 12.8. The van der Waals surface area contributed by atoms with E-state index in [1.807, 2.05) is 50.7 Å². The molecule has 1 aromatic rings. The van der Waals surface area contributed by atoms with Crippen molar-refractivity contribution in [1.82, 2.24) is 5.32 Å². The fourth-order valence-corrected chi connectivity index (χ4v) is 3.10. The second-order valence-corrected chi connectivity index (χ2v) is 6.56. The van der Waals surface area contributed by atoms with Gasteiger partial charge in [-0.25, -0.2) is 0 Å². The average molecular weight is 295 g/mol. The van der Waals surface area contributed by atoms with E-state index in [1.165, 1.54) is 12.0 Å². The van der Waals surface area contributed by atoms with Crippen molar-refractivity contribution in [1.29, 1.82) is 0 Å². The molecule has 1 atom stereocenters. The van der Waals surface area contributed by atoms with Crippen LogP contribution in [0.3, 0.4) is 0 Å². The van der Waals surface area contributed by atoms with Crippen molar-refractivity contribution in [3.8, 4) is 0 Å². The van der Waals surface area contributed by atoms with Crippen LogP contribution in [-0.4, -0.2) is 30.4 Å². The van der Waals surface area contributed by atoms with Gasteiger partial charge in [-0.2, -0.15) is 0 Å². The van der Waals surface area contributed by atoms with Crippen LogP contribution in [0, 0.1) is 0 Å². The summed E-state index contributed by atoms with van der Waals surface area (Å²) in [6.45, 7) is 6.01. The summed E-state index contributed by atoms with van der Waals surface area (Å²) in [5.41, 5.74) is -0.597. The van der Waals surface area contributed by atoms with E-state index in [9.17, 15) is 4.79 Å². The summed E-state index contributed by atoms with van der Waals surface area (Å²) in [7, 11) is 1.45. The van der Waals surface area contributed by atoms with Crippen LogP contribution >= 0.6 is 11.8 Å². The minimum atomic E-state index is -0.597. The molecule has 0 spiro atoms.